The number of alkyl halides is 3. The summed E-state index contributed by atoms with van der Waals surface area (Å²) in [7, 11) is -3.29. The molecule has 10 heteroatoms. The Morgan fingerprint density at radius 1 is 1.14 bits per heavy atom. The molecule has 158 valence electrons. The van der Waals surface area contributed by atoms with Crippen molar-refractivity contribution in [3.63, 3.8) is 0 Å². The highest BCUT2D eigenvalue weighted by atomic mass is 32.2. The first-order chi connectivity index (χ1) is 13.5. The molecule has 0 amide bonds. The van der Waals surface area contributed by atoms with Crippen LogP contribution in [0.15, 0.2) is 35.5 Å². The first-order valence-corrected chi connectivity index (χ1v) is 11.0. The zero-order valence-electron chi connectivity index (χ0n) is 16.1. The third kappa shape index (κ3) is 5.37. The second kappa shape index (κ2) is 8.17. The molecular weight excluding hydrogens is 405 g/mol. The Hall–Kier alpha value is -2.36. The second-order valence-electron chi connectivity index (χ2n) is 7.41. The van der Waals surface area contributed by atoms with E-state index in [0.29, 0.717) is 17.1 Å². The molecule has 0 unspecified atom stereocenters. The van der Waals surface area contributed by atoms with Gasteiger partial charge in [0.1, 0.15) is 24.5 Å². The van der Waals surface area contributed by atoms with Gasteiger partial charge in [0.15, 0.2) is 9.84 Å². The maximum absolute atomic E-state index is 12.4. The van der Waals surface area contributed by atoms with E-state index in [2.05, 4.69) is 20.6 Å². The lowest BCUT2D eigenvalue weighted by Gasteiger charge is -2.26. The molecule has 6 nitrogen and oxygen atoms in total. The van der Waals surface area contributed by atoms with Crippen molar-refractivity contribution < 1.29 is 21.6 Å². The number of anilines is 2. The zero-order valence-corrected chi connectivity index (χ0v) is 16.9. The predicted octanol–water partition coefficient (Wildman–Crippen LogP) is 3.98. The molecule has 2 N–H and O–H groups in total. The Labute approximate surface area is 167 Å². The summed E-state index contributed by atoms with van der Waals surface area (Å²) >= 11 is 0. The van der Waals surface area contributed by atoms with Crippen LogP contribution < -0.4 is 10.6 Å². The van der Waals surface area contributed by atoms with Gasteiger partial charge in [-0.05, 0) is 36.0 Å². The molecule has 0 fully saturated rings. The fourth-order valence-electron chi connectivity index (χ4n) is 3.34. The first kappa shape index (κ1) is 21.4. The Balaban J connectivity index is 1.85. The van der Waals surface area contributed by atoms with Crippen LogP contribution in [0.1, 0.15) is 37.4 Å². The molecule has 1 aliphatic rings. The molecular formula is C19H23F3N4O2S. The Bertz CT molecular complexity index is 978. The van der Waals surface area contributed by atoms with Gasteiger partial charge in [-0.25, -0.2) is 18.4 Å². The minimum Gasteiger partial charge on any atom is -0.363 e. The number of hydrogen-bond acceptors (Lipinski definition) is 6. The van der Waals surface area contributed by atoms with Crippen molar-refractivity contribution in [1.82, 2.24) is 9.97 Å². The van der Waals surface area contributed by atoms with Crippen LogP contribution in [0.4, 0.5) is 24.8 Å². The van der Waals surface area contributed by atoms with Crippen LogP contribution in [-0.2, 0) is 16.3 Å². The first-order valence-electron chi connectivity index (χ1n) is 9.30. The van der Waals surface area contributed by atoms with E-state index < -0.39 is 22.6 Å². The van der Waals surface area contributed by atoms with Crippen molar-refractivity contribution in [2.24, 2.45) is 5.92 Å². The number of aromatic nitrogens is 2. The lowest BCUT2D eigenvalue weighted by atomic mass is 9.94. The molecule has 0 aliphatic carbocycles. The molecule has 0 saturated carbocycles. The number of nitrogens with zero attached hydrogens (tertiary/aromatic N) is 2. The van der Waals surface area contributed by atoms with Gasteiger partial charge in [0.2, 0.25) is 0 Å². The minimum atomic E-state index is -4.35. The van der Waals surface area contributed by atoms with E-state index in [1.54, 1.807) is 6.07 Å². The monoisotopic (exact) mass is 428 g/mol. The molecule has 29 heavy (non-hydrogen) atoms. The van der Waals surface area contributed by atoms with E-state index in [9.17, 15) is 21.6 Å². The highest BCUT2D eigenvalue weighted by molar-refractivity contribution is 7.91. The summed E-state index contributed by atoms with van der Waals surface area (Å²) in [5.74, 6) is 0.615. The van der Waals surface area contributed by atoms with Crippen LogP contribution in [-0.4, -0.2) is 36.9 Å². The zero-order chi connectivity index (χ0) is 21.2. The Morgan fingerprint density at radius 3 is 2.55 bits per heavy atom. The van der Waals surface area contributed by atoms with E-state index in [1.807, 2.05) is 26.0 Å². The number of benzene rings is 1. The highest BCUT2D eigenvalue weighted by Gasteiger charge is 2.28. The van der Waals surface area contributed by atoms with Gasteiger partial charge < -0.3 is 10.6 Å². The van der Waals surface area contributed by atoms with Gasteiger partial charge in [0.25, 0.3) is 0 Å². The van der Waals surface area contributed by atoms with Gasteiger partial charge >= 0.3 is 6.18 Å². The Kier molecular flexibility index (Phi) is 6.02. The van der Waals surface area contributed by atoms with Crippen molar-refractivity contribution in [3.8, 4) is 0 Å². The van der Waals surface area contributed by atoms with Crippen LogP contribution in [0.3, 0.4) is 0 Å². The summed E-state index contributed by atoms with van der Waals surface area (Å²) in [5, 5.41) is 5.42. The SMILES string of the molecule is CC(C)[C@H](Nc1cc(NCC(F)(F)F)ncn1)c1ccc2c(c1)S(=O)(=O)CCC2. The number of rotatable bonds is 6. The summed E-state index contributed by atoms with van der Waals surface area (Å²) in [6.45, 7) is 2.74. The molecule has 1 aliphatic heterocycles. The van der Waals surface area contributed by atoms with Gasteiger partial charge in [0, 0.05) is 6.07 Å². The summed E-state index contributed by atoms with van der Waals surface area (Å²) in [6.07, 6.45) is -1.83. The molecule has 1 aromatic carbocycles. The molecule has 0 bridgehead atoms. The average Bonchev–Trinajstić information content (AvgIpc) is 2.64. The fourth-order valence-corrected chi connectivity index (χ4v) is 4.97. The third-order valence-corrected chi connectivity index (χ3v) is 6.63. The molecule has 0 radical (unpaired) electrons. The quantitative estimate of drug-likeness (QED) is 0.724. The molecule has 2 heterocycles. The number of aryl methyl sites for hydroxylation is 1. The van der Waals surface area contributed by atoms with Gasteiger partial charge in [0.05, 0.1) is 16.7 Å². The van der Waals surface area contributed by atoms with Gasteiger partial charge in [-0.1, -0.05) is 26.0 Å². The number of nitrogens with one attached hydrogen (secondary N) is 2. The molecule has 0 spiro atoms. The van der Waals surface area contributed by atoms with Crippen LogP contribution in [0, 0.1) is 5.92 Å². The maximum atomic E-state index is 12.4. The lowest BCUT2D eigenvalue weighted by molar-refractivity contribution is -0.115. The molecule has 3 rings (SSSR count). The van der Waals surface area contributed by atoms with Gasteiger partial charge in [-0.2, -0.15) is 13.2 Å². The standard InChI is InChI=1S/C19H23F3N4O2S/c1-12(2)18(14-6-5-13-4-3-7-29(27,28)15(13)8-14)26-17-9-16(24-11-25-17)23-10-19(20,21)22/h5-6,8-9,11-12,18H,3-4,7,10H2,1-2H3,(H2,23,24,25,26)/t18-/m0/s1. The number of sulfone groups is 1. The van der Waals surface area contributed by atoms with Crippen molar-refractivity contribution in [2.45, 2.75) is 43.8 Å². The second-order valence-corrected chi connectivity index (χ2v) is 9.49. The molecule has 2 aromatic rings. The van der Waals surface area contributed by atoms with Crippen molar-refractivity contribution >= 4 is 21.5 Å². The lowest BCUT2D eigenvalue weighted by Crippen LogP contribution is -2.22. The fraction of sp³-hybridized carbons (Fsp3) is 0.474. The predicted molar refractivity (Wildman–Crippen MR) is 105 cm³/mol. The summed E-state index contributed by atoms with van der Waals surface area (Å²) < 4.78 is 62.1. The summed E-state index contributed by atoms with van der Waals surface area (Å²) in [6, 6.07) is 6.56. The number of hydrogen-bond donors (Lipinski definition) is 2. The van der Waals surface area contributed by atoms with E-state index >= 15 is 0 Å². The smallest absolute Gasteiger partial charge is 0.363 e. The van der Waals surface area contributed by atoms with Crippen molar-refractivity contribution in [2.75, 3.05) is 22.9 Å². The Morgan fingerprint density at radius 2 is 1.86 bits per heavy atom. The van der Waals surface area contributed by atoms with Crippen LogP contribution >= 0.6 is 0 Å². The highest BCUT2D eigenvalue weighted by Crippen LogP contribution is 2.32. The van der Waals surface area contributed by atoms with Crippen molar-refractivity contribution in [1.29, 1.82) is 0 Å². The van der Waals surface area contributed by atoms with Crippen molar-refractivity contribution in [3.05, 3.63) is 41.7 Å². The minimum absolute atomic E-state index is 0.0512. The third-order valence-electron chi connectivity index (χ3n) is 4.75. The average molecular weight is 428 g/mol. The van der Waals surface area contributed by atoms with Gasteiger partial charge in [-0.15, -0.1) is 0 Å². The molecule has 1 atom stereocenters. The molecule has 0 saturated heterocycles. The van der Waals surface area contributed by atoms with Crippen LogP contribution in [0.5, 0.6) is 0 Å². The van der Waals surface area contributed by atoms with Gasteiger partial charge in [-0.3, -0.25) is 0 Å². The summed E-state index contributed by atoms with van der Waals surface area (Å²) in [4.78, 5) is 8.25. The van der Waals surface area contributed by atoms with E-state index in [-0.39, 0.29) is 23.5 Å². The van der Waals surface area contributed by atoms with E-state index in [4.69, 9.17) is 0 Å². The van der Waals surface area contributed by atoms with Crippen LogP contribution in [0.25, 0.3) is 0 Å². The van der Waals surface area contributed by atoms with E-state index in [0.717, 1.165) is 17.5 Å². The van der Waals surface area contributed by atoms with E-state index in [1.165, 1.54) is 12.4 Å². The topological polar surface area (TPSA) is 84.0 Å². The normalized spacial score (nSPS) is 16.9. The van der Waals surface area contributed by atoms with Crippen LogP contribution in [0.2, 0.25) is 0 Å². The maximum Gasteiger partial charge on any atom is 0.405 e. The number of halogens is 3. The number of fused-ring (bicyclic) bond motifs is 1. The molecule has 1 aromatic heterocycles. The largest absolute Gasteiger partial charge is 0.405 e. The summed E-state index contributed by atoms with van der Waals surface area (Å²) in [5.41, 5.74) is 1.61.